The van der Waals surface area contributed by atoms with Gasteiger partial charge in [-0.05, 0) is 58.4 Å². The Morgan fingerprint density at radius 2 is 1.81 bits per heavy atom. The lowest BCUT2D eigenvalue weighted by atomic mass is 10.1. The lowest BCUT2D eigenvalue weighted by molar-refractivity contribution is 0.200. The Balaban J connectivity index is 2.28. The molecule has 1 atom stereocenters. The maximum absolute atomic E-state index is 9.86. The van der Waals surface area contributed by atoms with Crippen LogP contribution in [0.3, 0.4) is 0 Å². The maximum Gasteiger partial charge on any atom is 0.0670 e. The molecule has 0 fully saturated rings. The predicted octanol–water partition coefficient (Wildman–Crippen LogP) is 3.58. The van der Waals surface area contributed by atoms with Crippen molar-refractivity contribution in [3.05, 3.63) is 33.4 Å². The largest absolute Gasteiger partial charge is 0.392 e. The highest BCUT2D eigenvalue weighted by molar-refractivity contribution is 14.1. The Labute approximate surface area is 116 Å². The molecule has 0 aliphatic heterocycles. The molecule has 0 bridgehead atoms. The molecule has 1 nitrogen and oxygen atoms in total. The second-order valence-corrected chi connectivity index (χ2v) is 6.74. The van der Waals surface area contributed by atoms with E-state index in [0.29, 0.717) is 5.92 Å². The third-order valence-electron chi connectivity index (χ3n) is 2.15. The van der Waals surface area contributed by atoms with Crippen molar-refractivity contribution < 1.29 is 5.11 Å². The van der Waals surface area contributed by atoms with Gasteiger partial charge in [-0.1, -0.05) is 26.0 Å². The van der Waals surface area contributed by atoms with Gasteiger partial charge in [-0.25, -0.2) is 0 Å². The summed E-state index contributed by atoms with van der Waals surface area (Å²) in [5, 5.41) is 9.86. The summed E-state index contributed by atoms with van der Waals surface area (Å²) in [5.41, 5.74) is 1.22. The summed E-state index contributed by atoms with van der Waals surface area (Å²) in [7, 11) is 0. The van der Waals surface area contributed by atoms with Gasteiger partial charge in [-0.2, -0.15) is 11.8 Å². The van der Waals surface area contributed by atoms with E-state index in [1.807, 2.05) is 11.8 Å². The summed E-state index contributed by atoms with van der Waals surface area (Å²) < 4.78 is 1.24. The van der Waals surface area contributed by atoms with Crippen LogP contribution in [0.5, 0.6) is 0 Å². The molecule has 0 saturated carbocycles. The van der Waals surface area contributed by atoms with Gasteiger partial charge >= 0.3 is 0 Å². The van der Waals surface area contributed by atoms with Crippen molar-refractivity contribution in [3.63, 3.8) is 0 Å². The van der Waals surface area contributed by atoms with Gasteiger partial charge in [0.1, 0.15) is 0 Å². The number of rotatable bonds is 6. The number of aliphatic hydroxyl groups is 1. The number of halogens is 1. The SMILES string of the molecule is CC(C)CSCC(O)Cc1ccc(I)cc1. The zero-order chi connectivity index (χ0) is 12.0. The summed E-state index contributed by atoms with van der Waals surface area (Å²) in [6, 6.07) is 8.37. The molecule has 1 aromatic rings. The van der Waals surface area contributed by atoms with Crippen molar-refractivity contribution in [1.29, 1.82) is 0 Å². The van der Waals surface area contributed by atoms with E-state index in [9.17, 15) is 5.11 Å². The molecule has 1 aromatic carbocycles. The van der Waals surface area contributed by atoms with Gasteiger partial charge in [-0.3, -0.25) is 0 Å². The van der Waals surface area contributed by atoms with Gasteiger partial charge in [0, 0.05) is 9.32 Å². The van der Waals surface area contributed by atoms with Crippen LogP contribution in [0.2, 0.25) is 0 Å². The predicted molar refractivity (Wildman–Crippen MR) is 81.0 cm³/mol. The van der Waals surface area contributed by atoms with Gasteiger partial charge in [0.05, 0.1) is 6.10 Å². The first-order chi connectivity index (χ1) is 7.58. The van der Waals surface area contributed by atoms with Gasteiger partial charge in [0.25, 0.3) is 0 Å². The summed E-state index contributed by atoms with van der Waals surface area (Å²) in [6.07, 6.45) is 0.547. The normalized spacial score (nSPS) is 13.1. The average Bonchev–Trinajstić information content (AvgIpc) is 2.21. The Morgan fingerprint density at radius 1 is 1.19 bits per heavy atom. The first-order valence-electron chi connectivity index (χ1n) is 5.58. The highest BCUT2D eigenvalue weighted by atomic mass is 127. The Kier molecular flexibility index (Phi) is 6.77. The van der Waals surface area contributed by atoms with Crippen LogP contribution in [-0.4, -0.2) is 22.7 Å². The molecule has 0 radical (unpaired) electrons. The van der Waals surface area contributed by atoms with Gasteiger partial charge in [0.15, 0.2) is 0 Å². The number of hydrogen-bond acceptors (Lipinski definition) is 2. The van der Waals surface area contributed by atoms with Crippen LogP contribution < -0.4 is 0 Å². The summed E-state index contributed by atoms with van der Waals surface area (Å²) in [5.74, 6) is 2.67. The molecular formula is C13H19IOS. The lowest BCUT2D eigenvalue weighted by Crippen LogP contribution is -2.14. The fourth-order valence-electron chi connectivity index (χ4n) is 1.39. The first kappa shape index (κ1) is 14.3. The van der Waals surface area contributed by atoms with Crippen LogP contribution in [-0.2, 0) is 6.42 Å². The molecule has 0 aliphatic carbocycles. The standard InChI is InChI=1S/C13H19IOS/c1-10(2)8-16-9-13(15)7-11-3-5-12(14)6-4-11/h3-6,10,13,15H,7-9H2,1-2H3. The van der Waals surface area contributed by atoms with Gasteiger partial charge < -0.3 is 5.11 Å². The van der Waals surface area contributed by atoms with Gasteiger partial charge in [-0.15, -0.1) is 0 Å². The molecule has 1 N–H and O–H groups in total. The van der Waals surface area contributed by atoms with Crippen LogP contribution in [0, 0.1) is 9.49 Å². The molecule has 0 aliphatic rings. The molecule has 0 saturated heterocycles. The maximum atomic E-state index is 9.86. The van der Waals surface area contributed by atoms with Crippen LogP contribution in [0.15, 0.2) is 24.3 Å². The molecule has 0 amide bonds. The van der Waals surface area contributed by atoms with Crippen LogP contribution in [0.1, 0.15) is 19.4 Å². The van der Waals surface area contributed by atoms with E-state index < -0.39 is 0 Å². The molecule has 0 heterocycles. The minimum atomic E-state index is -0.219. The van der Waals surface area contributed by atoms with E-state index in [2.05, 4.69) is 60.7 Å². The molecule has 0 spiro atoms. The topological polar surface area (TPSA) is 20.2 Å². The third kappa shape index (κ3) is 6.11. The van der Waals surface area contributed by atoms with E-state index in [1.165, 1.54) is 9.13 Å². The summed E-state index contributed by atoms with van der Waals surface area (Å²) >= 11 is 4.13. The lowest BCUT2D eigenvalue weighted by Gasteiger charge is -2.11. The van der Waals surface area contributed by atoms with Crippen molar-refractivity contribution in [2.24, 2.45) is 5.92 Å². The van der Waals surface area contributed by atoms with Crippen molar-refractivity contribution in [2.45, 2.75) is 26.4 Å². The van der Waals surface area contributed by atoms with E-state index in [-0.39, 0.29) is 6.10 Å². The van der Waals surface area contributed by atoms with E-state index >= 15 is 0 Å². The Bertz CT molecular complexity index is 297. The zero-order valence-corrected chi connectivity index (χ0v) is 12.8. The molecule has 3 heteroatoms. The second kappa shape index (κ2) is 7.56. The molecular weight excluding hydrogens is 331 g/mol. The number of hydrogen-bond donors (Lipinski definition) is 1. The van der Waals surface area contributed by atoms with E-state index in [0.717, 1.165) is 17.9 Å². The molecule has 1 rings (SSSR count). The number of aliphatic hydroxyl groups excluding tert-OH is 1. The van der Waals surface area contributed by atoms with Crippen molar-refractivity contribution in [1.82, 2.24) is 0 Å². The first-order valence-corrected chi connectivity index (χ1v) is 7.81. The quantitative estimate of drug-likeness (QED) is 0.792. The highest BCUT2D eigenvalue weighted by Crippen LogP contribution is 2.13. The van der Waals surface area contributed by atoms with Crippen molar-refractivity contribution in [2.75, 3.05) is 11.5 Å². The summed E-state index contributed by atoms with van der Waals surface area (Å²) in [6.45, 7) is 4.41. The minimum absolute atomic E-state index is 0.219. The molecule has 16 heavy (non-hydrogen) atoms. The zero-order valence-electron chi connectivity index (χ0n) is 9.82. The smallest absolute Gasteiger partial charge is 0.0670 e. The van der Waals surface area contributed by atoms with Crippen LogP contribution in [0.25, 0.3) is 0 Å². The fourth-order valence-corrected chi connectivity index (χ4v) is 2.75. The number of benzene rings is 1. The third-order valence-corrected chi connectivity index (χ3v) is 4.39. The highest BCUT2D eigenvalue weighted by Gasteiger charge is 2.06. The molecule has 0 aromatic heterocycles. The Hall–Kier alpha value is 0.260. The van der Waals surface area contributed by atoms with E-state index in [1.54, 1.807) is 0 Å². The van der Waals surface area contributed by atoms with Crippen molar-refractivity contribution >= 4 is 34.4 Å². The van der Waals surface area contributed by atoms with Gasteiger partial charge in [0.2, 0.25) is 0 Å². The minimum Gasteiger partial charge on any atom is -0.392 e. The van der Waals surface area contributed by atoms with Crippen LogP contribution >= 0.6 is 34.4 Å². The van der Waals surface area contributed by atoms with Crippen LogP contribution in [0.4, 0.5) is 0 Å². The number of thioether (sulfide) groups is 1. The second-order valence-electron chi connectivity index (χ2n) is 4.42. The van der Waals surface area contributed by atoms with Crippen molar-refractivity contribution in [3.8, 4) is 0 Å². The summed E-state index contributed by atoms with van der Waals surface area (Å²) in [4.78, 5) is 0. The monoisotopic (exact) mass is 350 g/mol. The molecule has 1 unspecified atom stereocenters. The average molecular weight is 350 g/mol. The van der Waals surface area contributed by atoms with E-state index in [4.69, 9.17) is 0 Å². The molecule has 90 valence electrons. The Morgan fingerprint density at radius 3 is 2.38 bits per heavy atom. The fraction of sp³-hybridized carbons (Fsp3) is 0.538.